The number of benzene rings is 3. The van der Waals surface area contributed by atoms with E-state index < -0.39 is 0 Å². The van der Waals surface area contributed by atoms with Gasteiger partial charge in [-0.05, 0) is 23.6 Å². The van der Waals surface area contributed by atoms with Gasteiger partial charge in [-0.3, -0.25) is 9.59 Å². The van der Waals surface area contributed by atoms with Crippen LogP contribution in [0.2, 0.25) is 0 Å². The van der Waals surface area contributed by atoms with E-state index in [2.05, 4.69) is 5.32 Å². The van der Waals surface area contributed by atoms with Gasteiger partial charge in [0.2, 0.25) is 11.8 Å². The first-order valence-electron chi connectivity index (χ1n) is 10.3. The maximum atomic E-state index is 13.1. The van der Waals surface area contributed by atoms with E-state index in [1.807, 2.05) is 91.9 Å². The third-order valence-electron chi connectivity index (χ3n) is 5.63. The number of nitrogens with zero attached hydrogens (tertiary/aromatic N) is 1. The second kappa shape index (κ2) is 8.95. The quantitative estimate of drug-likeness (QED) is 0.675. The Morgan fingerprint density at radius 3 is 2.07 bits per heavy atom. The SMILES string of the molecule is Cc1ccc(CN2C[C@@H](C(=O)NC(c3ccccc3)c3ccccc3)CC2=O)cc1. The number of likely N-dealkylation sites (tertiary alicyclic amines) is 1. The Hall–Kier alpha value is -3.40. The molecule has 0 aliphatic carbocycles. The van der Waals surface area contributed by atoms with E-state index in [9.17, 15) is 9.59 Å². The summed E-state index contributed by atoms with van der Waals surface area (Å²) in [5.41, 5.74) is 4.33. The van der Waals surface area contributed by atoms with Gasteiger partial charge in [0, 0.05) is 19.5 Å². The molecule has 0 unspecified atom stereocenters. The van der Waals surface area contributed by atoms with Crippen LogP contribution in [0.4, 0.5) is 0 Å². The molecule has 3 aromatic rings. The van der Waals surface area contributed by atoms with Crippen LogP contribution < -0.4 is 5.32 Å². The van der Waals surface area contributed by atoms with Crippen molar-refractivity contribution in [3.8, 4) is 0 Å². The highest BCUT2D eigenvalue weighted by atomic mass is 16.2. The smallest absolute Gasteiger partial charge is 0.226 e. The van der Waals surface area contributed by atoms with E-state index in [4.69, 9.17) is 0 Å². The Balaban J connectivity index is 1.46. The average molecular weight is 399 g/mol. The highest BCUT2D eigenvalue weighted by Gasteiger charge is 2.35. The molecule has 1 heterocycles. The van der Waals surface area contributed by atoms with E-state index in [0.717, 1.165) is 16.7 Å². The van der Waals surface area contributed by atoms with Crippen LogP contribution in [0, 0.1) is 12.8 Å². The monoisotopic (exact) mass is 398 g/mol. The predicted molar refractivity (Wildman–Crippen MR) is 118 cm³/mol. The lowest BCUT2D eigenvalue weighted by Gasteiger charge is -2.22. The number of amides is 2. The van der Waals surface area contributed by atoms with Crippen molar-refractivity contribution < 1.29 is 9.59 Å². The Labute approximate surface area is 177 Å². The molecule has 1 fully saturated rings. The zero-order chi connectivity index (χ0) is 20.9. The van der Waals surface area contributed by atoms with Gasteiger partial charge in [-0.2, -0.15) is 0 Å². The molecule has 0 aromatic heterocycles. The summed E-state index contributed by atoms with van der Waals surface area (Å²) in [6, 6.07) is 27.8. The summed E-state index contributed by atoms with van der Waals surface area (Å²) in [7, 11) is 0. The number of hydrogen-bond donors (Lipinski definition) is 1. The molecule has 1 saturated heterocycles. The molecule has 152 valence electrons. The molecular formula is C26H26N2O2. The molecule has 0 radical (unpaired) electrons. The van der Waals surface area contributed by atoms with Crippen molar-refractivity contribution in [3.05, 3.63) is 107 Å². The van der Waals surface area contributed by atoms with Gasteiger partial charge in [0.05, 0.1) is 12.0 Å². The molecule has 3 aromatic carbocycles. The molecule has 1 N–H and O–H groups in total. The minimum atomic E-state index is -0.335. The van der Waals surface area contributed by atoms with Crippen molar-refractivity contribution >= 4 is 11.8 Å². The number of nitrogens with one attached hydrogen (secondary N) is 1. The highest BCUT2D eigenvalue weighted by molar-refractivity contribution is 5.89. The lowest BCUT2D eigenvalue weighted by molar-refractivity contribution is -0.129. The van der Waals surface area contributed by atoms with Gasteiger partial charge < -0.3 is 10.2 Å². The standard InChI is InChI=1S/C26H26N2O2/c1-19-12-14-20(15-13-19)17-28-18-23(16-24(28)29)26(30)27-25(21-8-4-2-5-9-21)22-10-6-3-7-11-22/h2-15,23,25H,16-18H2,1H3,(H,27,30)/t23-/m0/s1. The summed E-state index contributed by atoms with van der Waals surface area (Å²) >= 11 is 0. The summed E-state index contributed by atoms with van der Waals surface area (Å²) in [5, 5.41) is 3.19. The van der Waals surface area contributed by atoms with Crippen LogP contribution in [0.3, 0.4) is 0 Å². The van der Waals surface area contributed by atoms with Crippen LogP contribution >= 0.6 is 0 Å². The Morgan fingerprint density at radius 1 is 0.933 bits per heavy atom. The first kappa shape index (κ1) is 19.9. The van der Waals surface area contributed by atoms with Gasteiger partial charge in [-0.1, -0.05) is 90.5 Å². The number of hydrogen-bond acceptors (Lipinski definition) is 2. The number of carbonyl (C=O) groups excluding carboxylic acids is 2. The van der Waals surface area contributed by atoms with Crippen LogP contribution in [0.15, 0.2) is 84.9 Å². The molecule has 30 heavy (non-hydrogen) atoms. The number of rotatable bonds is 6. The molecule has 2 amide bonds. The predicted octanol–water partition coefficient (Wildman–Crippen LogP) is 4.25. The van der Waals surface area contributed by atoms with Crippen molar-refractivity contribution in [2.24, 2.45) is 5.92 Å². The van der Waals surface area contributed by atoms with E-state index in [1.54, 1.807) is 4.90 Å². The molecule has 0 bridgehead atoms. The van der Waals surface area contributed by atoms with E-state index in [0.29, 0.717) is 13.1 Å². The minimum Gasteiger partial charge on any atom is -0.345 e. The third kappa shape index (κ3) is 4.60. The van der Waals surface area contributed by atoms with Crippen molar-refractivity contribution in [3.63, 3.8) is 0 Å². The normalized spacial score (nSPS) is 16.1. The van der Waals surface area contributed by atoms with Gasteiger partial charge >= 0.3 is 0 Å². The van der Waals surface area contributed by atoms with Gasteiger partial charge in [0.1, 0.15) is 0 Å². The van der Waals surface area contributed by atoms with Gasteiger partial charge in [0.25, 0.3) is 0 Å². The molecular weight excluding hydrogens is 372 g/mol. The van der Waals surface area contributed by atoms with Crippen LogP contribution in [-0.4, -0.2) is 23.3 Å². The first-order valence-corrected chi connectivity index (χ1v) is 10.3. The third-order valence-corrected chi connectivity index (χ3v) is 5.63. The molecule has 4 rings (SSSR count). The zero-order valence-corrected chi connectivity index (χ0v) is 17.1. The second-order valence-electron chi connectivity index (χ2n) is 7.92. The van der Waals surface area contributed by atoms with Crippen molar-refractivity contribution in [1.29, 1.82) is 0 Å². The van der Waals surface area contributed by atoms with Crippen LogP contribution in [-0.2, 0) is 16.1 Å². The number of aryl methyl sites for hydroxylation is 1. The molecule has 4 heteroatoms. The van der Waals surface area contributed by atoms with E-state index in [1.165, 1.54) is 5.56 Å². The van der Waals surface area contributed by atoms with E-state index >= 15 is 0 Å². The fraction of sp³-hybridized carbons (Fsp3) is 0.231. The van der Waals surface area contributed by atoms with Crippen LogP contribution in [0.5, 0.6) is 0 Å². The van der Waals surface area contributed by atoms with Crippen LogP contribution in [0.25, 0.3) is 0 Å². The van der Waals surface area contributed by atoms with E-state index in [-0.39, 0.29) is 30.2 Å². The van der Waals surface area contributed by atoms with Gasteiger partial charge in [0.15, 0.2) is 0 Å². The molecule has 0 saturated carbocycles. The van der Waals surface area contributed by atoms with Crippen molar-refractivity contribution in [2.45, 2.75) is 25.9 Å². The van der Waals surface area contributed by atoms with Crippen molar-refractivity contribution in [1.82, 2.24) is 10.2 Å². The minimum absolute atomic E-state index is 0.0340. The number of carbonyl (C=O) groups is 2. The zero-order valence-electron chi connectivity index (χ0n) is 17.1. The fourth-order valence-corrected chi connectivity index (χ4v) is 3.92. The van der Waals surface area contributed by atoms with Crippen molar-refractivity contribution in [2.75, 3.05) is 6.54 Å². The second-order valence-corrected chi connectivity index (χ2v) is 7.92. The Kier molecular flexibility index (Phi) is 5.94. The summed E-state index contributed by atoms with van der Waals surface area (Å²) in [6.07, 6.45) is 0.258. The molecule has 4 nitrogen and oxygen atoms in total. The largest absolute Gasteiger partial charge is 0.345 e. The molecule has 1 aliphatic rings. The fourth-order valence-electron chi connectivity index (χ4n) is 3.92. The van der Waals surface area contributed by atoms with Gasteiger partial charge in [-0.15, -0.1) is 0 Å². The Bertz CT molecular complexity index is 961. The lowest BCUT2D eigenvalue weighted by atomic mass is 9.97. The first-order chi connectivity index (χ1) is 14.6. The topological polar surface area (TPSA) is 49.4 Å². The summed E-state index contributed by atoms with van der Waals surface area (Å²) in [5.74, 6) is -0.378. The highest BCUT2D eigenvalue weighted by Crippen LogP contribution is 2.25. The molecule has 0 spiro atoms. The lowest BCUT2D eigenvalue weighted by Crippen LogP contribution is -2.36. The van der Waals surface area contributed by atoms with Crippen LogP contribution in [0.1, 0.15) is 34.7 Å². The summed E-state index contributed by atoms with van der Waals surface area (Å²) < 4.78 is 0. The molecule has 1 aliphatic heterocycles. The Morgan fingerprint density at radius 2 is 1.50 bits per heavy atom. The summed E-state index contributed by atoms with van der Waals surface area (Å²) in [6.45, 7) is 3.04. The molecule has 1 atom stereocenters. The maximum absolute atomic E-state index is 13.1. The van der Waals surface area contributed by atoms with Gasteiger partial charge in [-0.25, -0.2) is 0 Å². The maximum Gasteiger partial charge on any atom is 0.226 e. The summed E-state index contributed by atoms with van der Waals surface area (Å²) in [4.78, 5) is 27.4. The average Bonchev–Trinajstić information content (AvgIpc) is 3.15.